The fourth-order valence-corrected chi connectivity index (χ4v) is 1.80. The zero-order chi connectivity index (χ0) is 12.3. The van der Waals surface area contributed by atoms with Gasteiger partial charge in [0.2, 0.25) is 5.91 Å². The summed E-state index contributed by atoms with van der Waals surface area (Å²) in [5, 5.41) is 0. The van der Waals surface area contributed by atoms with Crippen molar-refractivity contribution in [3.63, 3.8) is 0 Å². The lowest BCUT2D eigenvalue weighted by molar-refractivity contribution is -0.135. The quantitative estimate of drug-likeness (QED) is 0.727. The number of aromatic nitrogens is 1. The van der Waals surface area contributed by atoms with Crippen LogP contribution in [0.3, 0.4) is 0 Å². The van der Waals surface area contributed by atoms with Gasteiger partial charge in [0.15, 0.2) is 0 Å². The molecule has 0 aromatic carbocycles. The second-order valence-electron chi connectivity index (χ2n) is 4.16. The number of hydrogen-bond acceptors (Lipinski definition) is 3. The van der Waals surface area contributed by atoms with Gasteiger partial charge in [0.25, 0.3) is 5.56 Å². The Balaban J connectivity index is 2.04. The highest BCUT2D eigenvalue weighted by atomic mass is 16.5. The third-order valence-electron chi connectivity index (χ3n) is 2.82. The lowest BCUT2D eigenvalue weighted by Gasteiger charge is -2.27. The van der Waals surface area contributed by atoms with Gasteiger partial charge in [0, 0.05) is 25.4 Å². The molecule has 5 heteroatoms. The van der Waals surface area contributed by atoms with Gasteiger partial charge in [-0.15, -0.1) is 0 Å². The first-order valence-corrected chi connectivity index (χ1v) is 5.69. The average Bonchev–Trinajstić information content (AvgIpc) is 2.34. The van der Waals surface area contributed by atoms with E-state index in [1.807, 2.05) is 13.0 Å². The Morgan fingerprint density at radius 3 is 2.76 bits per heavy atom. The van der Waals surface area contributed by atoms with Gasteiger partial charge in [-0.3, -0.25) is 9.59 Å². The number of ether oxygens (including phenoxy) is 1. The number of amides is 1. The number of nitrogens with zero attached hydrogens (tertiary/aromatic N) is 2. The second kappa shape index (κ2) is 5.14. The van der Waals surface area contributed by atoms with Gasteiger partial charge < -0.3 is 14.2 Å². The van der Waals surface area contributed by atoms with E-state index in [2.05, 4.69) is 0 Å². The Morgan fingerprint density at radius 1 is 1.41 bits per heavy atom. The van der Waals surface area contributed by atoms with Crippen LogP contribution in [0.25, 0.3) is 0 Å². The third kappa shape index (κ3) is 2.94. The maximum atomic E-state index is 11.9. The molecule has 1 aromatic rings. The van der Waals surface area contributed by atoms with Crippen LogP contribution in [0, 0.1) is 6.92 Å². The highest BCUT2D eigenvalue weighted by molar-refractivity contribution is 5.76. The van der Waals surface area contributed by atoms with E-state index in [9.17, 15) is 9.59 Å². The molecule has 0 unspecified atom stereocenters. The molecule has 92 valence electrons. The third-order valence-corrected chi connectivity index (χ3v) is 2.82. The monoisotopic (exact) mass is 236 g/mol. The lowest BCUT2D eigenvalue weighted by atomic mass is 10.3. The van der Waals surface area contributed by atoms with E-state index in [1.54, 1.807) is 11.1 Å². The SMILES string of the molecule is Cc1ccn(CC(=O)N2CCOCC2)c(=O)c1. The molecule has 1 amide bonds. The van der Waals surface area contributed by atoms with Crippen molar-refractivity contribution in [1.29, 1.82) is 0 Å². The van der Waals surface area contributed by atoms with E-state index in [4.69, 9.17) is 4.74 Å². The maximum absolute atomic E-state index is 11.9. The number of aryl methyl sites for hydroxylation is 1. The molecule has 2 rings (SSSR count). The predicted molar refractivity (Wildman–Crippen MR) is 62.8 cm³/mol. The van der Waals surface area contributed by atoms with Crippen molar-refractivity contribution >= 4 is 5.91 Å². The molecule has 1 saturated heterocycles. The van der Waals surface area contributed by atoms with Crippen LogP contribution < -0.4 is 5.56 Å². The van der Waals surface area contributed by atoms with Crippen LogP contribution in [0.15, 0.2) is 23.1 Å². The Morgan fingerprint density at radius 2 is 2.12 bits per heavy atom. The van der Waals surface area contributed by atoms with E-state index in [0.29, 0.717) is 26.3 Å². The highest BCUT2D eigenvalue weighted by Crippen LogP contribution is 1.99. The fourth-order valence-electron chi connectivity index (χ4n) is 1.80. The zero-order valence-electron chi connectivity index (χ0n) is 9.89. The van der Waals surface area contributed by atoms with Crippen molar-refractivity contribution in [1.82, 2.24) is 9.47 Å². The standard InChI is InChI=1S/C12H16N2O3/c1-10-2-3-14(11(15)8-10)9-12(16)13-4-6-17-7-5-13/h2-3,8H,4-7,9H2,1H3. The molecule has 0 spiro atoms. The molecule has 1 aromatic heterocycles. The molecular formula is C12H16N2O3. The number of pyridine rings is 1. The number of rotatable bonds is 2. The van der Waals surface area contributed by atoms with Crippen LogP contribution in [0.2, 0.25) is 0 Å². The summed E-state index contributed by atoms with van der Waals surface area (Å²) in [4.78, 5) is 25.3. The van der Waals surface area contributed by atoms with E-state index in [0.717, 1.165) is 5.56 Å². The lowest BCUT2D eigenvalue weighted by Crippen LogP contribution is -2.43. The summed E-state index contributed by atoms with van der Waals surface area (Å²) in [5.41, 5.74) is 0.775. The van der Waals surface area contributed by atoms with E-state index >= 15 is 0 Å². The molecule has 0 bridgehead atoms. The highest BCUT2D eigenvalue weighted by Gasteiger charge is 2.17. The zero-order valence-corrected chi connectivity index (χ0v) is 9.89. The topological polar surface area (TPSA) is 51.5 Å². The fraction of sp³-hybridized carbons (Fsp3) is 0.500. The van der Waals surface area contributed by atoms with Crippen LogP contribution in [0.4, 0.5) is 0 Å². The summed E-state index contributed by atoms with van der Waals surface area (Å²) in [6.07, 6.45) is 1.66. The minimum Gasteiger partial charge on any atom is -0.378 e. The van der Waals surface area contributed by atoms with Crippen LogP contribution >= 0.6 is 0 Å². The number of carbonyl (C=O) groups excluding carboxylic acids is 1. The molecule has 0 radical (unpaired) electrons. The number of carbonyl (C=O) groups is 1. The Bertz CT molecular complexity index is 461. The first kappa shape index (κ1) is 11.9. The minimum atomic E-state index is -0.133. The molecule has 0 N–H and O–H groups in total. The van der Waals surface area contributed by atoms with Crippen molar-refractivity contribution in [2.24, 2.45) is 0 Å². The van der Waals surface area contributed by atoms with Gasteiger partial charge in [0.05, 0.1) is 13.2 Å². The van der Waals surface area contributed by atoms with Crippen LogP contribution in [0.5, 0.6) is 0 Å². The first-order valence-electron chi connectivity index (χ1n) is 5.69. The van der Waals surface area contributed by atoms with Crippen molar-refractivity contribution < 1.29 is 9.53 Å². The maximum Gasteiger partial charge on any atom is 0.251 e. The van der Waals surface area contributed by atoms with Crippen molar-refractivity contribution in [3.8, 4) is 0 Å². The second-order valence-corrected chi connectivity index (χ2v) is 4.16. The molecule has 1 aliphatic rings. The van der Waals surface area contributed by atoms with Crippen molar-refractivity contribution in [2.75, 3.05) is 26.3 Å². The Hall–Kier alpha value is -1.62. The summed E-state index contributed by atoms with van der Waals surface area (Å²) in [7, 11) is 0. The summed E-state index contributed by atoms with van der Waals surface area (Å²) in [6, 6.07) is 3.36. The van der Waals surface area contributed by atoms with Crippen molar-refractivity contribution in [2.45, 2.75) is 13.5 Å². The van der Waals surface area contributed by atoms with Gasteiger partial charge in [-0.1, -0.05) is 0 Å². The summed E-state index contributed by atoms with van der Waals surface area (Å²) in [6.45, 7) is 4.34. The first-order chi connectivity index (χ1) is 8.16. The average molecular weight is 236 g/mol. The van der Waals surface area contributed by atoms with Crippen LogP contribution in [-0.2, 0) is 16.1 Å². The minimum absolute atomic E-state index is 0.0285. The van der Waals surface area contributed by atoms with E-state index in [1.165, 1.54) is 10.6 Å². The number of morpholine rings is 1. The van der Waals surface area contributed by atoms with Gasteiger partial charge in [-0.25, -0.2) is 0 Å². The van der Waals surface area contributed by atoms with Gasteiger partial charge >= 0.3 is 0 Å². The summed E-state index contributed by atoms with van der Waals surface area (Å²) >= 11 is 0. The number of hydrogen-bond donors (Lipinski definition) is 0. The Kier molecular flexibility index (Phi) is 3.58. The molecule has 17 heavy (non-hydrogen) atoms. The molecule has 1 aliphatic heterocycles. The van der Waals surface area contributed by atoms with Crippen LogP contribution in [0.1, 0.15) is 5.56 Å². The molecule has 0 atom stereocenters. The molecule has 2 heterocycles. The largest absolute Gasteiger partial charge is 0.378 e. The molecule has 1 fully saturated rings. The predicted octanol–water partition coefficient (Wildman–Crippen LogP) is 0.0155. The van der Waals surface area contributed by atoms with Gasteiger partial charge in [0.1, 0.15) is 6.54 Å². The summed E-state index contributed by atoms with van der Waals surface area (Å²) in [5.74, 6) is -0.0285. The van der Waals surface area contributed by atoms with Gasteiger partial charge in [-0.2, -0.15) is 0 Å². The van der Waals surface area contributed by atoms with Crippen molar-refractivity contribution in [3.05, 3.63) is 34.2 Å². The van der Waals surface area contributed by atoms with E-state index in [-0.39, 0.29) is 18.0 Å². The van der Waals surface area contributed by atoms with Gasteiger partial charge in [-0.05, 0) is 18.6 Å². The molecule has 5 nitrogen and oxygen atoms in total. The summed E-state index contributed by atoms with van der Waals surface area (Å²) < 4.78 is 6.61. The normalized spacial score (nSPS) is 15.9. The Labute approximate surface area is 99.6 Å². The smallest absolute Gasteiger partial charge is 0.251 e. The molecule has 0 aliphatic carbocycles. The van der Waals surface area contributed by atoms with Crippen LogP contribution in [-0.4, -0.2) is 41.7 Å². The molecular weight excluding hydrogens is 220 g/mol. The van der Waals surface area contributed by atoms with E-state index < -0.39 is 0 Å². The molecule has 0 saturated carbocycles.